The predicted octanol–water partition coefficient (Wildman–Crippen LogP) is 0.614. The van der Waals surface area contributed by atoms with Crippen LogP contribution in [0.2, 0.25) is 0 Å². The number of carbonyl (C=O) groups is 1. The van der Waals surface area contributed by atoms with E-state index in [-0.39, 0.29) is 23.4 Å². The Bertz CT molecular complexity index is 632. The predicted molar refractivity (Wildman–Crippen MR) is 75.5 cm³/mol. The van der Waals surface area contributed by atoms with E-state index in [1.165, 1.54) is 20.3 Å². The Morgan fingerprint density at radius 3 is 2.43 bits per heavy atom. The first-order chi connectivity index (χ1) is 10.1. The molecule has 2 rings (SSSR count). The number of hydrogen-bond donors (Lipinski definition) is 3. The fraction of sp³-hybridized carbons (Fsp3) is 0.333. The number of ether oxygens (including phenoxy) is 2. The lowest BCUT2D eigenvalue weighted by Gasteiger charge is -2.06. The van der Waals surface area contributed by atoms with Crippen molar-refractivity contribution in [3.05, 3.63) is 17.5 Å². The lowest BCUT2D eigenvalue weighted by molar-refractivity contribution is 0.102. The van der Waals surface area contributed by atoms with Crippen LogP contribution in [0.4, 0.5) is 11.6 Å². The SMILES string of the molecule is CCc1[nH]nc(C(=O)Nc2nc(OC)cc(OC)n2)c1N. The molecule has 112 valence electrons. The molecule has 1 amide bonds. The van der Waals surface area contributed by atoms with Gasteiger partial charge < -0.3 is 15.2 Å². The number of carbonyl (C=O) groups excluding carboxylic acids is 1. The molecule has 2 aromatic rings. The Morgan fingerprint density at radius 2 is 1.95 bits per heavy atom. The van der Waals surface area contributed by atoms with Gasteiger partial charge in [0.2, 0.25) is 17.7 Å². The molecular formula is C12H16N6O3. The Kier molecular flexibility index (Phi) is 4.21. The molecule has 0 saturated heterocycles. The molecule has 0 radical (unpaired) electrons. The van der Waals surface area contributed by atoms with Crippen LogP contribution in [0.3, 0.4) is 0 Å². The number of methoxy groups -OCH3 is 2. The molecule has 9 heteroatoms. The quantitative estimate of drug-likeness (QED) is 0.736. The van der Waals surface area contributed by atoms with Crippen LogP contribution < -0.4 is 20.5 Å². The topological polar surface area (TPSA) is 128 Å². The van der Waals surface area contributed by atoms with Gasteiger partial charge in [-0.3, -0.25) is 15.2 Å². The van der Waals surface area contributed by atoms with Crippen LogP contribution in [-0.4, -0.2) is 40.3 Å². The number of nitrogens with two attached hydrogens (primary N) is 1. The smallest absolute Gasteiger partial charge is 0.280 e. The summed E-state index contributed by atoms with van der Waals surface area (Å²) >= 11 is 0. The average molecular weight is 292 g/mol. The van der Waals surface area contributed by atoms with Crippen molar-refractivity contribution in [3.63, 3.8) is 0 Å². The van der Waals surface area contributed by atoms with Crippen molar-refractivity contribution >= 4 is 17.5 Å². The van der Waals surface area contributed by atoms with Crippen LogP contribution in [0, 0.1) is 0 Å². The zero-order chi connectivity index (χ0) is 15.4. The van der Waals surface area contributed by atoms with Crippen molar-refractivity contribution in [3.8, 4) is 11.8 Å². The number of aromatic amines is 1. The van der Waals surface area contributed by atoms with Crippen LogP contribution in [0.25, 0.3) is 0 Å². The van der Waals surface area contributed by atoms with E-state index in [0.29, 0.717) is 17.8 Å². The summed E-state index contributed by atoms with van der Waals surface area (Å²) in [6.45, 7) is 1.90. The zero-order valence-corrected chi connectivity index (χ0v) is 11.9. The van der Waals surface area contributed by atoms with E-state index in [9.17, 15) is 4.79 Å². The summed E-state index contributed by atoms with van der Waals surface area (Å²) in [7, 11) is 2.90. The third-order valence-electron chi connectivity index (χ3n) is 2.77. The number of anilines is 2. The van der Waals surface area contributed by atoms with E-state index < -0.39 is 5.91 Å². The number of nitrogen functional groups attached to an aromatic ring is 1. The molecule has 0 unspecified atom stereocenters. The second-order valence-corrected chi connectivity index (χ2v) is 4.05. The summed E-state index contributed by atoms with van der Waals surface area (Å²) < 4.78 is 10.0. The zero-order valence-electron chi connectivity index (χ0n) is 11.9. The van der Waals surface area contributed by atoms with Crippen LogP contribution in [0.15, 0.2) is 6.07 Å². The van der Waals surface area contributed by atoms with E-state index >= 15 is 0 Å². The summed E-state index contributed by atoms with van der Waals surface area (Å²) in [5.41, 5.74) is 6.94. The number of rotatable bonds is 5. The minimum absolute atomic E-state index is 0.0386. The van der Waals surface area contributed by atoms with Gasteiger partial charge in [0.05, 0.1) is 31.7 Å². The van der Waals surface area contributed by atoms with Crippen LogP contribution in [-0.2, 0) is 6.42 Å². The molecule has 2 heterocycles. The molecule has 0 aliphatic heterocycles. The highest BCUT2D eigenvalue weighted by atomic mass is 16.5. The molecule has 2 aromatic heterocycles. The minimum Gasteiger partial charge on any atom is -0.481 e. The van der Waals surface area contributed by atoms with Gasteiger partial charge in [-0.15, -0.1) is 0 Å². The summed E-state index contributed by atoms with van der Waals surface area (Å²) in [6, 6.07) is 1.49. The number of aromatic nitrogens is 4. The number of amides is 1. The molecule has 0 fully saturated rings. The van der Waals surface area contributed by atoms with Gasteiger partial charge in [0.25, 0.3) is 5.91 Å². The van der Waals surface area contributed by atoms with E-state index in [0.717, 1.165) is 0 Å². The molecule has 0 bridgehead atoms. The number of nitrogens with zero attached hydrogens (tertiary/aromatic N) is 3. The van der Waals surface area contributed by atoms with Gasteiger partial charge in [0, 0.05) is 0 Å². The Balaban J connectivity index is 2.24. The molecule has 9 nitrogen and oxygen atoms in total. The summed E-state index contributed by atoms with van der Waals surface area (Å²) in [5.74, 6) is 0.0539. The van der Waals surface area contributed by atoms with Gasteiger partial charge in [0.1, 0.15) is 0 Å². The first-order valence-electron chi connectivity index (χ1n) is 6.20. The van der Waals surface area contributed by atoms with Gasteiger partial charge >= 0.3 is 0 Å². The van der Waals surface area contributed by atoms with Crippen molar-refractivity contribution in [2.75, 3.05) is 25.3 Å². The molecule has 0 aromatic carbocycles. The van der Waals surface area contributed by atoms with Gasteiger partial charge in [0.15, 0.2) is 5.69 Å². The highest BCUT2D eigenvalue weighted by Gasteiger charge is 2.18. The molecule has 0 aliphatic rings. The monoisotopic (exact) mass is 292 g/mol. The Hall–Kier alpha value is -2.84. The fourth-order valence-electron chi connectivity index (χ4n) is 1.66. The molecule has 0 saturated carbocycles. The minimum atomic E-state index is -0.515. The van der Waals surface area contributed by atoms with Gasteiger partial charge in [-0.1, -0.05) is 6.92 Å². The molecule has 21 heavy (non-hydrogen) atoms. The molecule has 0 atom stereocenters. The third-order valence-corrected chi connectivity index (χ3v) is 2.77. The lowest BCUT2D eigenvalue weighted by Crippen LogP contribution is -2.16. The molecular weight excluding hydrogens is 276 g/mol. The first-order valence-corrected chi connectivity index (χ1v) is 6.20. The Labute approximate surface area is 120 Å². The lowest BCUT2D eigenvalue weighted by atomic mass is 10.2. The number of aryl methyl sites for hydroxylation is 1. The van der Waals surface area contributed by atoms with Crippen molar-refractivity contribution < 1.29 is 14.3 Å². The summed E-state index contributed by atoms with van der Waals surface area (Å²) in [4.78, 5) is 20.1. The summed E-state index contributed by atoms with van der Waals surface area (Å²) in [6.07, 6.45) is 0.648. The highest BCUT2D eigenvalue weighted by Crippen LogP contribution is 2.19. The average Bonchev–Trinajstić information content (AvgIpc) is 2.87. The largest absolute Gasteiger partial charge is 0.481 e. The van der Waals surface area contributed by atoms with Gasteiger partial charge in [-0.25, -0.2) is 0 Å². The van der Waals surface area contributed by atoms with Crippen molar-refractivity contribution in [2.24, 2.45) is 0 Å². The number of nitrogens with one attached hydrogen (secondary N) is 2. The fourth-order valence-corrected chi connectivity index (χ4v) is 1.66. The van der Waals surface area contributed by atoms with Gasteiger partial charge in [-0.05, 0) is 6.42 Å². The van der Waals surface area contributed by atoms with E-state index in [2.05, 4.69) is 25.5 Å². The standard InChI is InChI=1S/C12H16N6O3/c1-4-6-9(13)10(18-17-6)11(19)16-12-14-7(20-2)5-8(15-12)21-3/h5H,4,13H2,1-3H3,(H,17,18)(H,14,15,16,19). The van der Waals surface area contributed by atoms with E-state index in [4.69, 9.17) is 15.2 Å². The second kappa shape index (κ2) is 6.07. The molecule has 4 N–H and O–H groups in total. The molecule has 0 spiro atoms. The van der Waals surface area contributed by atoms with Crippen LogP contribution in [0.1, 0.15) is 23.1 Å². The normalized spacial score (nSPS) is 10.2. The number of hydrogen-bond acceptors (Lipinski definition) is 7. The third kappa shape index (κ3) is 3.02. The van der Waals surface area contributed by atoms with Crippen molar-refractivity contribution in [2.45, 2.75) is 13.3 Å². The van der Waals surface area contributed by atoms with Crippen molar-refractivity contribution in [1.29, 1.82) is 0 Å². The summed E-state index contributed by atoms with van der Waals surface area (Å²) in [5, 5.41) is 9.10. The van der Waals surface area contributed by atoms with E-state index in [1.54, 1.807) is 0 Å². The first kappa shape index (κ1) is 14.6. The number of H-pyrrole nitrogens is 1. The van der Waals surface area contributed by atoms with Crippen LogP contribution in [0.5, 0.6) is 11.8 Å². The maximum absolute atomic E-state index is 12.1. The van der Waals surface area contributed by atoms with E-state index in [1.807, 2.05) is 6.92 Å². The maximum atomic E-state index is 12.1. The maximum Gasteiger partial charge on any atom is 0.280 e. The second-order valence-electron chi connectivity index (χ2n) is 4.05. The highest BCUT2D eigenvalue weighted by molar-refractivity contribution is 6.05. The Morgan fingerprint density at radius 1 is 1.33 bits per heavy atom. The molecule has 0 aliphatic carbocycles. The van der Waals surface area contributed by atoms with Gasteiger partial charge in [-0.2, -0.15) is 15.1 Å². The van der Waals surface area contributed by atoms with Crippen molar-refractivity contribution in [1.82, 2.24) is 20.2 Å². The van der Waals surface area contributed by atoms with Crippen LogP contribution >= 0.6 is 0 Å².